The number of rotatable bonds is 7. The van der Waals surface area contributed by atoms with Gasteiger partial charge in [0.1, 0.15) is 0 Å². The van der Waals surface area contributed by atoms with Gasteiger partial charge < -0.3 is 21.5 Å². The number of anilines is 1. The number of nitrogens with one attached hydrogen (secondary N) is 1. The lowest BCUT2D eigenvalue weighted by Gasteiger charge is -2.08. The van der Waals surface area contributed by atoms with Gasteiger partial charge in [0.2, 0.25) is 5.91 Å². The van der Waals surface area contributed by atoms with Gasteiger partial charge >= 0.3 is 5.97 Å². The van der Waals surface area contributed by atoms with E-state index in [-0.39, 0.29) is 12.5 Å². The average molecular weight is 317 g/mol. The maximum atomic E-state index is 11.9. The summed E-state index contributed by atoms with van der Waals surface area (Å²) in [5, 5.41) is 2.80. The summed E-state index contributed by atoms with van der Waals surface area (Å²) in [6, 6.07) is 4.88. The molecule has 0 spiro atoms. The standard InChI is InChI=1S/C17H23N3O3/c1-23-17(22)15-9-8-14(12-13(15)6-5-11-19)20-16(21)7-3-2-4-10-18/h8-9,12H,2-4,7,10-11,18-19H2,1H3,(H,20,21). The van der Waals surface area contributed by atoms with E-state index < -0.39 is 5.97 Å². The number of methoxy groups -OCH3 is 1. The zero-order valence-electron chi connectivity index (χ0n) is 13.4. The van der Waals surface area contributed by atoms with Crippen LogP contribution in [0.3, 0.4) is 0 Å². The fraction of sp³-hybridized carbons (Fsp3) is 0.412. The fourth-order valence-electron chi connectivity index (χ4n) is 1.99. The molecule has 0 bridgehead atoms. The van der Waals surface area contributed by atoms with E-state index in [1.165, 1.54) is 7.11 Å². The smallest absolute Gasteiger partial charge is 0.339 e. The fourth-order valence-corrected chi connectivity index (χ4v) is 1.99. The van der Waals surface area contributed by atoms with E-state index in [0.717, 1.165) is 19.3 Å². The third kappa shape index (κ3) is 6.51. The highest BCUT2D eigenvalue weighted by molar-refractivity contribution is 5.95. The Labute approximate surface area is 136 Å². The largest absolute Gasteiger partial charge is 0.465 e. The second kappa shape index (κ2) is 10.4. The molecule has 0 saturated heterocycles. The van der Waals surface area contributed by atoms with Gasteiger partial charge in [-0.15, -0.1) is 0 Å². The number of esters is 1. The molecule has 1 aromatic rings. The van der Waals surface area contributed by atoms with Crippen molar-refractivity contribution in [3.05, 3.63) is 29.3 Å². The van der Waals surface area contributed by atoms with Gasteiger partial charge in [-0.2, -0.15) is 0 Å². The molecule has 0 radical (unpaired) electrons. The third-order valence-electron chi connectivity index (χ3n) is 3.14. The van der Waals surface area contributed by atoms with Crippen molar-refractivity contribution in [2.75, 3.05) is 25.5 Å². The molecule has 0 aliphatic carbocycles. The van der Waals surface area contributed by atoms with Gasteiger partial charge in [0.15, 0.2) is 0 Å². The summed E-state index contributed by atoms with van der Waals surface area (Å²) in [7, 11) is 1.31. The van der Waals surface area contributed by atoms with Crippen molar-refractivity contribution in [2.45, 2.75) is 25.7 Å². The first-order valence-corrected chi connectivity index (χ1v) is 7.53. The number of benzene rings is 1. The number of ether oxygens (including phenoxy) is 1. The summed E-state index contributed by atoms with van der Waals surface area (Å²) >= 11 is 0. The molecule has 1 aromatic carbocycles. The summed E-state index contributed by atoms with van der Waals surface area (Å²) in [5.41, 5.74) is 12.2. The third-order valence-corrected chi connectivity index (χ3v) is 3.14. The van der Waals surface area contributed by atoms with Crippen LogP contribution < -0.4 is 16.8 Å². The van der Waals surface area contributed by atoms with Crippen molar-refractivity contribution in [3.8, 4) is 11.8 Å². The molecule has 6 nitrogen and oxygen atoms in total. The van der Waals surface area contributed by atoms with Crippen LogP contribution in [-0.4, -0.2) is 32.1 Å². The highest BCUT2D eigenvalue weighted by Gasteiger charge is 2.12. The van der Waals surface area contributed by atoms with E-state index in [1.54, 1.807) is 18.2 Å². The number of hydrogen-bond donors (Lipinski definition) is 3. The van der Waals surface area contributed by atoms with Crippen molar-refractivity contribution in [3.63, 3.8) is 0 Å². The van der Waals surface area contributed by atoms with Crippen LogP contribution in [0.25, 0.3) is 0 Å². The first-order valence-electron chi connectivity index (χ1n) is 7.53. The minimum Gasteiger partial charge on any atom is -0.465 e. The van der Waals surface area contributed by atoms with Crippen LogP contribution >= 0.6 is 0 Å². The summed E-state index contributed by atoms with van der Waals surface area (Å²) in [5.74, 6) is 4.96. The molecule has 0 aromatic heterocycles. The average Bonchev–Trinajstić information content (AvgIpc) is 2.56. The molecule has 0 unspecified atom stereocenters. The van der Waals surface area contributed by atoms with Crippen LogP contribution in [0.1, 0.15) is 41.6 Å². The van der Waals surface area contributed by atoms with Crippen molar-refractivity contribution >= 4 is 17.6 Å². The van der Waals surface area contributed by atoms with Crippen LogP contribution in [0.2, 0.25) is 0 Å². The van der Waals surface area contributed by atoms with Crippen molar-refractivity contribution in [1.29, 1.82) is 0 Å². The Morgan fingerprint density at radius 3 is 2.65 bits per heavy atom. The molecule has 0 atom stereocenters. The van der Waals surface area contributed by atoms with Gasteiger partial charge in [0.25, 0.3) is 0 Å². The summed E-state index contributed by atoms with van der Waals surface area (Å²) in [6.45, 7) is 0.818. The van der Waals surface area contributed by atoms with E-state index in [0.29, 0.717) is 29.8 Å². The molecule has 5 N–H and O–H groups in total. The SMILES string of the molecule is COC(=O)c1ccc(NC(=O)CCCCCN)cc1C#CCN. The Bertz CT molecular complexity index is 603. The van der Waals surface area contributed by atoms with Crippen LogP contribution in [-0.2, 0) is 9.53 Å². The zero-order chi connectivity index (χ0) is 17.1. The Morgan fingerprint density at radius 2 is 2.00 bits per heavy atom. The van der Waals surface area contributed by atoms with Crippen LogP contribution in [0, 0.1) is 11.8 Å². The first-order chi connectivity index (χ1) is 11.1. The normalized spacial score (nSPS) is 9.70. The van der Waals surface area contributed by atoms with Crippen molar-refractivity contribution in [1.82, 2.24) is 0 Å². The summed E-state index contributed by atoms with van der Waals surface area (Å²) in [4.78, 5) is 23.6. The second-order valence-electron chi connectivity index (χ2n) is 4.91. The number of unbranched alkanes of at least 4 members (excludes halogenated alkanes) is 2. The molecule has 0 aliphatic rings. The first kappa shape index (κ1) is 18.7. The van der Waals surface area contributed by atoms with Crippen LogP contribution in [0.5, 0.6) is 0 Å². The molecule has 0 saturated carbocycles. The Morgan fingerprint density at radius 1 is 1.22 bits per heavy atom. The van der Waals surface area contributed by atoms with Gasteiger partial charge in [-0.3, -0.25) is 4.79 Å². The predicted octanol–water partition coefficient (Wildman–Crippen LogP) is 1.24. The predicted molar refractivity (Wildman–Crippen MR) is 89.9 cm³/mol. The molecule has 1 amide bonds. The van der Waals surface area contributed by atoms with Crippen molar-refractivity contribution < 1.29 is 14.3 Å². The van der Waals surface area contributed by atoms with E-state index in [2.05, 4.69) is 17.2 Å². The van der Waals surface area contributed by atoms with Gasteiger partial charge in [0.05, 0.1) is 19.2 Å². The molecular formula is C17H23N3O3. The molecule has 0 fully saturated rings. The molecule has 1 rings (SSSR count). The minimum atomic E-state index is -0.481. The molecule has 6 heteroatoms. The lowest BCUT2D eigenvalue weighted by Crippen LogP contribution is -2.12. The van der Waals surface area contributed by atoms with E-state index in [1.807, 2.05) is 0 Å². The number of carbonyl (C=O) groups excluding carboxylic acids is 2. The lowest BCUT2D eigenvalue weighted by molar-refractivity contribution is -0.116. The maximum Gasteiger partial charge on any atom is 0.339 e. The number of carbonyl (C=O) groups is 2. The molecule has 0 aliphatic heterocycles. The molecular weight excluding hydrogens is 294 g/mol. The number of hydrogen-bond acceptors (Lipinski definition) is 5. The molecule has 23 heavy (non-hydrogen) atoms. The highest BCUT2D eigenvalue weighted by Crippen LogP contribution is 2.17. The minimum absolute atomic E-state index is 0.0782. The Balaban J connectivity index is 2.80. The highest BCUT2D eigenvalue weighted by atomic mass is 16.5. The van der Waals surface area contributed by atoms with Gasteiger partial charge in [-0.25, -0.2) is 4.79 Å². The number of nitrogens with two attached hydrogens (primary N) is 2. The number of amides is 1. The molecule has 0 heterocycles. The topological polar surface area (TPSA) is 107 Å². The summed E-state index contributed by atoms with van der Waals surface area (Å²) < 4.78 is 4.72. The Kier molecular flexibility index (Phi) is 8.43. The van der Waals surface area contributed by atoms with E-state index >= 15 is 0 Å². The van der Waals surface area contributed by atoms with Crippen LogP contribution in [0.4, 0.5) is 5.69 Å². The maximum absolute atomic E-state index is 11.9. The quantitative estimate of drug-likeness (QED) is 0.398. The van der Waals surface area contributed by atoms with Crippen LogP contribution in [0.15, 0.2) is 18.2 Å². The Hall–Kier alpha value is -2.36. The second-order valence-corrected chi connectivity index (χ2v) is 4.91. The summed E-state index contributed by atoms with van der Waals surface area (Å²) in [6.07, 6.45) is 3.07. The lowest BCUT2D eigenvalue weighted by atomic mass is 10.1. The van der Waals surface area contributed by atoms with E-state index in [9.17, 15) is 9.59 Å². The van der Waals surface area contributed by atoms with Crippen molar-refractivity contribution in [2.24, 2.45) is 11.5 Å². The van der Waals surface area contributed by atoms with Gasteiger partial charge in [0, 0.05) is 17.7 Å². The van der Waals surface area contributed by atoms with Gasteiger partial charge in [-0.05, 0) is 37.6 Å². The molecule has 124 valence electrons. The zero-order valence-corrected chi connectivity index (χ0v) is 13.4. The monoisotopic (exact) mass is 317 g/mol. The van der Waals surface area contributed by atoms with Gasteiger partial charge in [-0.1, -0.05) is 18.3 Å². The van der Waals surface area contributed by atoms with E-state index in [4.69, 9.17) is 16.2 Å².